The van der Waals surface area contributed by atoms with Crippen LogP contribution in [0.2, 0.25) is 0 Å². The van der Waals surface area contributed by atoms with Gasteiger partial charge in [-0.3, -0.25) is 4.72 Å². The molecule has 0 aliphatic carbocycles. The molecule has 21 heavy (non-hydrogen) atoms. The lowest BCUT2D eigenvalue weighted by Gasteiger charge is -2.19. The molecule has 2 N–H and O–H groups in total. The van der Waals surface area contributed by atoms with E-state index in [4.69, 9.17) is 0 Å². The molecule has 0 heterocycles. The van der Waals surface area contributed by atoms with Crippen molar-refractivity contribution in [1.82, 2.24) is 9.62 Å². The number of nitrogens with zero attached hydrogens (tertiary/aromatic N) is 1. The molecule has 120 valence electrons. The summed E-state index contributed by atoms with van der Waals surface area (Å²) in [6.45, 7) is 4.21. The van der Waals surface area contributed by atoms with Gasteiger partial charge in [0.25, 0.3) is 0 Å². The van der Waals surface area contributed by atoms with Gasteiger partial charge in [0.05, 0.1) is 5.69 Å². The Hall–Kier alpha value is -0.450. The lowest BCUT2D eigenvalue weighted by molar-refractivity contribution is 0.458. The van der Waals surface area contributed by atoms with E-state index in [2.05, 4.69) is 17.0 Å². The number of hydrogen-bond donors (Lipinski definition) is 2. The van der Waals surface area contributed by atoms with Gasteiger partial charge in [-0.25, -0.2) is 4.39 Å². The van der Waals surface area contributed by atoms with E-state index in [1.807, 2.05) is 22.6 Å². The van der Waals surface area contributed by atoms with Gasteiger partial charge >= 0.3 is 10.2 Å². The molecule has 0 atom stereocenters. The zero-order valence-corrected chi connectivity index (χ0v) is 15.2. The molecule has 8 heteroatoms. The summed E-state index contributed by atoms with van der Waals surface area (Å²) in [4.78, 5) is 0. The molecular weight excluding hydrogens is 408 g/mol. The highest BCUT2D eigenvalue weighted by atomic mass is 127. The molecule has 5 nitrogen and oxygen atoms in total. The second kappa shape index (κ2) is 8.86. The first-order valence-corrected chi connectivity index (χ1v) is 9.28. The molecule has 1 rings (SSSR count). The molecule has 0 saturated carbocycles. The highest BCUT2D eigenvalue weighted by Gasteiger charge is 2.18. The first-order valence-electron chi connectivity index (χ1n) is 6.76. The third-order valence-corrected chi connectivity index (χ3v) is 5.21. The fraction of sp³-hybridized carbons (Fsp3) is 0.538. The smallest absolute Gasteiger partial charge is 0.301 e. The second-order valence-electron chi connectivity index (χ2n) is 4.66. The number of rotatable bonds is 9. The quantitative estimate of drug-likeness (QED) is 0.468. The summed E-state index contributed by atoms with van der Waals surface area (Å²) in [7, 11) is -2.09. The SMILES string of the molecule is CCCNCCCN(C)S(=O)(=O)Nc1ccc(F)cc1I. The van der Waals surface area contributed by atoms with Crippen molar-refractivity contribution in [1.29, 1.82) is 0 Å². The average molecular weight is 429 g/mol. The summed E-state index contributed by atoms with van der Waals surface area (Å²) in [5.74, 6) is -0.391. The van der Waals surface area contributed by atoms with Crippen molar-refractivity contribution in [3.05, 3.63) is 27.6 Å². The molecule has 0 spiro atoms. The monoisotopic (exact) mass is 429 g/mol. The van der Waals surface area contributed by atoms with Crippen molar-refractivity contribution < 1.29 is 12.8 Å². The lowest BCUT2D eigenvalue weighted by Crippen LogP contribution is -2.34. The van der Waals surface area contributed by atoms with Crippen LogP contribution in [0.25, 0.3) is 0 Å². The Kier molecular flexibility index (Phi) is 7.85. The Bertz CT molecular complexity index is 554. The minimum absolute atomic E-state index is 0.382. The summed E-state index contributed by atoms with van der Waals surface area (Å²) in [5, 5.41) is 3.22. The van der Waals surface area contributed by atoms with Crippen LogP contribution < -0.4 is 10.0 Å². The zero-order chi connectivity index (χ0) is 15.9. The molecule has 0 radical (unpaired) electrons. The Morgan fingerprint density at radius 1 is 1.33 bits per heavy atom. The van der Waals surface area contributed by atoms with Gasteiger partial charge in [-0.15, -0.1) is 0 Å². The number of hydrogen-bond acceptors (Lipinski definition) is 3. The summed E-state index contributed by atoms with van der Waals surface area (Å²) in [6, 6.07) is 3.94. The van der Waals surface area contributed by atoms with Crippen LogP contribution >= 0.6 is 22.6 Å². The standard InChI is InChI=1S/C13H21FIN3O2S/c1-3-7-16-8-4-9-18(2)21(19,20)17-13-6-5-11(14)10-12(13)15/h5-6,10,16-17H,3-4,7-9H2,1-2H3. The molecular formula is C13H21FIN3O2S. The molecule has 1 aromatic rings. The number of benzene rings is 1. The second-order valence-corrected chi connectivity index (χ2v) is 7.60. The van der Waals surface area contributed by atoms with Gasteiger partial charge in [0, 0.05) is 17.2 Å². The molecule has 0 saturated heterocycles. The molecule has 0 aliphatic heterocycles. The van der Waals surface area contributed by atoms with Crippen LogP contribution in [0.5, 0.6) is 0 Å². The van der Waals surface area contributed by atoms with Gasteiger partial charge in [-0.2, -0.15) is 12.7 Å². The van der Waals surface area contributed by atoms with Crippen LogP contribution in [0.1, 0.15) is 19.8 Å². The maximum atomic E-state index is 13.0. The van der Waals surface area contributed by atoms with Crippen molar-refractivity contribution >= 4 is 38.5 Å². The Labute approximate surface area is 139 Å². The third-order valence-electron chi connectivity index (χ3n) is 2.83. The van der Waals surface area contributed by atoms with Gasteiger partial charge in [-0.05, 0) is 66.7 Å². The van der Waals surface area contributed by atoms with E-state index in [-0.39, 0.29) is 0 Å². The highest BCUT2D eigenvalue weighted by Crippen LogP contribution is 2.20. The third kappa shape index (κ3) is 6.45. The summed E-state index contributed by atoms with van der Waals surface area (Å²) >= 11 is 1.90. The zero-order valence-electron chi connectivity index (χ0n) is 12.2. The van der Waals surface area contributed by atoms with Crippen molar-refractivity contribution in [3.8, 4) is 0 Å². The normalized spacial score (nSPS) is 11.9. The van der Waals surface area contributed by atoms with E-state index in [1.54, 1.807) is 0 Å². The summed E-state index contributed by atoms with van der Waals surface area (Å²) in [5.41, 5.74) is 0.382. The maximum absolute atomic E-state index is 13.0. The highest BCUT2D eigenvalue weighted by molar-refractivity contribution is 14.1. The van der Waals surface area contributed by atoms with Gasteiger partial charge < -0.3 is 5.32 Å². The van der Waals surface area contributed by atoms with Gasteiger partial charge in [0.2, 0.25) is 0 Å². The van der Waals surface area contributed by atoms with E-state index in [1.165, 1.54) is 29.6 Å². The van der Waals surface area contributed by atoms with Gasteiger partial charge in [0.1, 0.15) is 5.82 Å². The number of anilines is 1. The molecule has 0 fully saturated rings. The maximum Gasteiger partial charge on any atom is 0.301 e. The minimum Gasteiger partial charge on any atom is -0.317 e. The molecule has 0 aliphatic rings. The molecule has 0 bridgehead atoms. The summed E-state index contributed by atoms with van der Waals surface area (Å²) < 4.78 is 41.6. The van der Waals surface area contributed by atoms with Gasteiger partial charge in [0.15, 0.2) is 0 Å². The molecule has 0 amide bonds. The van der Waals surface area contributed by atoms with Crippen LogP contribution in [-0.4, -0.2) is 39.4 Å². The van der Waals surface area contributed by atoms with E-state index in [9.17, 15) is 12.8 Å². The molecule has 0 unspecified atom stereocenters. The first-order chi connectivity index (χ1) is 9.86. The summed E-state index contributed by atoms with van der Waals surface area (Å²) in [6.07, 6.45) is 1.79. The van der Waals surface area contributed by atoms with Gasteiger partial charge in [-0.1, -0.05) is 6.92 Å². The molecule has 0 aromatic heterocycles. The van der Waals surface area contributed by atoms with E-state index >= 15 is 0 Å². The Balaban J connectivity index is 2.55. The fourth-order valence-electron chi connectivity index (χ4n) is 1.64. The van der Waals surface area contributed by atoms with Crippen LogP contribution in [-0.2, 0) is 10.2 Å². The number of nitrogens with one attached hydrogen (secondary N) is 2. The van der Waals surface area contributed by atoms with Crippen LogP contribution in [0.4, 0.5) is 10.1 Å². The minimum atomic E-state index is -3.61. The van der Waals surface area contributed by atoms with E-state index < -0.39 is 16.0 Å². The van der Waals surface area contributed by atoms with Crippen molar-refractivity contribution in [2.75, 3.05) is 31.4 Å². The van der Waals surface area contributed by atoms with Crippen LogP contribution in [0, 0.1) is 9.39 Å². The first kappa shape index (κ1) is 18.6. The fourth-order valence-corrected chi connectivity index (χ4v) is 3.41. The van der Waals surface area contributed by atoms with Crippen LogP contribution in [0.3, 0.4) is 0 Å². The van der Waals surface area contributed by atoms with Crippen molar-refractivity contribution in [3.63, 3.8) is 0 Å². The number of halogens is 2. The predicted octanol–water partition coefficient (Wildman–Crippen LogP) is 2.41. The lowest BCUT2D eigenvalue weighted by atomic mass is 10.3. The van der Waals surface area contributed by atoms with E-state index in [0.29, 0.717) is 15.8 Å². The topological polar surface area (TPSA) is 61.4 Å². The average Bonchev–Trinajstić information content (AvgIpc) is 2.41. The molecule has 1 aromatic carbocycles. The Morgan fingerprint density at radius 2 is 2.05 bits per heavy atom. The largest absolute Gasteiger partial charge is 0.317 e. The predicted molar refractivity (Wildman–Crippen MR) is 92.1 cm³/mol. The van der Waals surface area contributed by atoms with Crippen molar-refractivity contribution in [2.45, 2.75) is 19.8 Å². The Morgan fingerprint density at radius 3 is 2.67 bits per heavy atom. The van der Waals surface area contributed by atoms with Crippen molar-refractivity contribution in [2.24, 2.45) is 0 Å². The van der Waals surface area contributed by atoms with E-state index in [0.717, 1.165) is 25.9 Å². The van der Waals surface area contributed by atoms with Crippen LogP contribution in [0.15, 0.2) is 18.2 Å².